The van der Waals surface area contributed by atoms with E-state index in [1.807, 2.05) is 42.5 Å². The van der Waals surface area contributed by atoms with Crippen LogP contribution in [-0.4, -0.2) is 48.1 Å². The summed E-state index contributed by atoms with van der Waals surface area (Å²) < 4.78 is 27.9. The number of sulfonamides is 1. The molecule has 2 aliphatic rings. The van der Waals surface area contributed by atoms with Crippen LogP contribution in [0.2, 0.25) is 0 Å². The monoisotopic (exact) mass is 554 g/mol. The molecule has 0 bridgehead atoms. The second kappa shape index (κ2) is 11.1. The predicted molar refractivity (Wildman–Crippen MR) is 158 cm³/mol. The van der Waals surface area contributed by atoms with Gasteiger partial charge in [-0.2, -0.15) is 4.31 Å². The first-order valence-corrected chi connectivity index (χ1v) is 15.4. The molecule has 3 heterocycles. The highest BCUT2D eigenvalue weighted by molar-refractivity contribution is 7.89. The highest BCUT2D eigenvalue weighted by Crippen LogP contribution is 2.30. The van der Waals surface area contributed by atoms with E-state index in [-0.39, 0.29) is 10.8 Å². The zero-order valence-electron chi connectivity index (χ0n) is 22.7. The van der Waals surface area contributed by atoms with Gasteiger partial charge in [0.2, 0.25) is 10.0 Å². The fourth-order valence-corrected chi connectivity index (χ4v) is 7.50. The smallest absolute Gasteiger partial charge is 0.256 e. The SMILES string of the molecule is C[C@@H]1CCCN(S(=O)(=O)c2ccc(NC(=O)c3c4c(nc5ccccc35)CCN(Cc3ccccc3)C4)cc2)C1. The summed E-state index contributed by atoms with van der Waals surface area (Å²) in [5.41, 5.74) is 5.15. The summed E-state index contributed by atoms with van der Waals surface area (Å²) in [5, 5.41) is 3.85. The van der Waals surface area contributed by atoms with Gasteiger partial charge in [-0.25, -0.2) is 8.42 Å². The van der Waals surface area contributed by atoms with Gasteiger partial charge in [0.05, 0.1) is 16.0 Å². The Kier molecular flexibility index (Phi) is 7.40. The molecular weight excluding hydrogens is 520 g/mol. The molecule has 0 saturated carbocycles. The maximum absolute atomic E-state index is 13.8. The van der Waals surface area contributed by atoms with Crippen LogP contribution in [0.4, 0.5) is 5.69 Å². The molecule has 1 aromatic heterocycles. The number of para-hydroxylation sites is 1. The van der Waals surface area contributed by atoms with Gasteiger partial charge in [-0.15, -0.1) is 0 Å². The normalized spacial score (nSPS) is 18.4. The lowest BCUT2D eigenvalue weighted by Crippen LogP contribution is -2.39. The Bertz CT molecular complexity index is 1640. The summed E-state index contributed by atoms with van der Waals surface area (Å²) in [5.74, 6) is 0.142. The predicted octanol–water partition coefficient (Wildman–Crippen LogP) is 5.47. The molecule has 1 fully saturated rings. The van der Waals surface area contributed by atoms with Crippen LogP contribution in [0.3, 0.4) is 0 Å². The van der Waals surface area contributed by atoms with Crippen LogP contribution >= 0.6 is 0 Å². The zero-order chi connectivity index (χ0) is 27.7. The van der Waals surface area contributed by atoms with Crippen LogP contribution in [0.25, 0.3) is 10.9 Å². The molecular formula is C32H34N4O3S. The summed E-state index contributed by atoms with van der Waals surface area (Å²) in [6.45, 7) is 5.49. The molecule has 0 aliphatic carbocycles. The van der Waals surface area contributed by atoms with Gasteiger partial charge in [-0.3, -0.25) is 14.7 Å². The van der Waals surface area contributed by atoms with E-state index >= 15 is 0 Å². The Morgan fingerprint density at radius 2 is 1.73 bits per heavy atom. The number of nitrogens with zero attached hydrogens (tertiary/aromatic N) is 3. The number of hydrogen-bond acceptors (Lipinski definition) is 5. The van der Waals surface area contributed by atoms with Gasteiger partial charge in [0.25, 0.3) is 5.91 Å². The number of rotatable bonds is 6. The number of nitrogens with one attached hydrogen (secondary N) is 1. The van der Waals surface area contributed by atoms with Crippen molar-refractivity contribution in [3.05, 3.63) is 101 Å². The van der Waals surface area contributed by atoms with Crippen LogP contribution < -0.4 is 5.32 Å². The summed E-state index contributed by atoms with van der Waals surface area (Å²) in [6, 6.07) is 24.7. The van der Waals surface area contributed by atoms with E-state index in [1.54, 1.807) is 28.6 Å². The van der Waals surface area contributed by atoms with Crippen LogP contribution in [0.15, 0.2) is 83.8 Å². The molecule has 0 unspecified atom stereocenters. The van der Waals surface area contributed by atoms with E-state index in [2.05, 4.69) is 29.3 Å². The van der Waals surface area contributed by atoms with Gasteiger partial charge < -0.3 is 5.32 Å². The van der Waals surface area contributed by atoms with Crippen LogP contribution in [-0.2, 0) is 29.5 Å². The van der Waals surface area contributed by atoms with E-state index in [0.717, 1.165) is 54.5 Å². The molecule has 40 heavy (non-hydrogen) atoms. The quantitative estimate of drug-likeness (QED) is 0.342. The molecule has 7 nitrogen and oxygen atoms in total. The van der Waals surface area contributed by atoms with Crippen LogP contribution in [0, 0.1) is 5.92 Å². The van der Waals surface area contributed by atoms with E-state index in [0.29, 0.717) is 36.8 Å². The minimum Gasteiger partial charge on any atom is -0.322 e. The average Bonchev–Trinajstić information content (AvgIpc) is 2.97. The Labute approximate surface area is 235 Å². The third-order valence-corrected chi connectivity index (χ3v) is 9.85. The maximum Gasteiger partial charge on any atom is 0.256 e. The van der Waals surface area contributed by atoms with E-state index < -0.39 is 10.0 Å². The highest BCUT2D eigenvalue weighted by atomic mass is 32.2. The van der Waals surface area contributed by atoms with Crippen molar-refractivity contribution in [2.75, 3.05) is 25.0 Å². The minimum atomic E-state index is -3.56. The fourth-order valence-electron chi connectivity index (χ4n) is 5.90. The number of carbonyl (C=O) groups is 1. The second-order valence-electron chi connectivity index (χ2n) is 11.0. The Balaban J connectivity index is 1.27. The molecule has 206 valence electrons. The second-order valence-corrected chi connectivity index (χ2v) is 12.9. The van der Waals surface area contributed by atoms with Gasteiger partial charge in [0.15, 0.2) is 0 Å². The molecule has 0 radical (unpaired) electrons. The average molecular weight is 555 g/mol. The van der Waals surface area contributed by atoms with Crippen molar-refractivity contribution < 1.29 is 13.2 Å². The largest absolute Gasteiger partial charge is 0.322 e. The number of amides is 1. The van der Waals surface area contributed by atoms with Crippen molar-refractivity contribution in [3.63, 3.8) is 0 Å². The molecule has 1 atom stereocenters. The summed E-state index contributed by atoms with van der Waals surface area (Å²) >= 11 is 0. The minimum absolute atomic E-state index is 0.211. The lowest BCUT2D eigenvalue weighted by molar-refractivity contribution is 0.102. The van der Waals surface area contributed by atoms with Gasteiger partial charge in [0, 0.05) is 61.5 Å². The number of piperidine rings is 1. The first kappa shape index (κ1) is 26.6. The molecule has 4 aromatic rings. The molecule has 2 aliphatic heterocycles. The molecule has 3 aromatic carbocycles. The molecule has 8 heteroatoms. The molecule has 1 amide bonds. The standard InChI is InChI=1S/C32H34N4O3S/c1-23-8-7-18-36(20-23)40(38,39)26-15-13-25(14-16-26)33-32(37)31-27-11-5-6-12-29(27)34-30-17-19-35(22-28(30)31)21-24-9-3-2-4-10-24/h2-6,9-16,23H,7-8,17-22H2,1H3,(H,33,37)/t23-/m1/s1. The maximum atomic E-state index is 13.8. The first-order chi connectivity index (χ1) is 19.4. The van der Waals surface area contributed by atoms with Crippen molar-refractivity contribution in [2.24, 2.45) is 5.92 Å². The number of aromatic nitrogens is 1. The number of pyridine rings is 1. The first-order valence-electron chi connectivity index (χ1n) is 14.0. The van der Waals surface area contributed by atoms with Crippen molar-refractivity contribution in [1.82, 2.24) is 14.2 Å². The van der Waals surface area contributed by atoms with Crippen molar-refractivity contribution in [3.8, 4) is 0 Å². The lowest BCUT2D eigenvalue weighted by Gasteiger charge is -2.30. The van der Waals surface area contributed by atoms with E-state index in [4.69, 9.17) is 4.98 Å². The lowest BCUT2D eigenvalue weighted by atomic mass is 9.95. The number of carbonyl (C=O) groups excluding carboxylic acids is 1. The van der Waals surface area contributed by atoms with Gasteiger partial charge in [-0.05, 0) is 54.7 Å². The zero-order valence-corrected chi connectivity index (χ0v) is 23.5. The Morgan fingerprint density at radius 3 is 2.50 bits per heavy atom. The van der Waals surface area contributed by atoms with Crippen LogP contribution in [0.1, 0.15) is 46.9 Å². The topological polar surface area (TPSA) is 82.6 Å². The third kappa shape index (κ3) is 5.39. The van der Waals surface area contributed by atoms with Crippen molar-refractivity contribution in [2.45, 2.75) is 44.2 Å². The van der Waals surface area contributed by atoms with Crippen LogP contribution in [0.5, 0.6) is 0 Å². The Hall–Kier alpha value is -3.59. The van der Waals surface area contributed by atoms with Gasteiger partial charge in [-0.1, -0.05) is 55.5 Å². The van der Waals surface area contributed by atoms with E-state index in [1.165, 1.54) is 5.56 Å². The van der Waals surface area contributed by atoms with E-state index in [9.17, 15) is 13.2 Å². The van der Waals surface area contributed by atoms with Gasteiger partial charge in [0.1, 0.15) is 0 Å². The molecule has 6 rings (SSSR count). The summed E-state index contributed by atoms with van der Waals surface area (Å²) in [7, 11) is -3.56. The third-order valence-electron chi connectivity index (χ3n) is 7.97. The Morgan fingerprint density at radius 1 is 0.975 bits per heavy atom. The summed E-state index contributed by atoms with van der Waals surface area (Å²) in [4.78, 5) is 21.4. The number of fused-ring (bicyclic) bond motifs is 2. The number of anilines is 1. The fraction of sp³-hybridized carbons (Fsp3) is 0.312. The number of hydrogen-bond donors (Lipinski definition) is 1. The molecule has 1 saturated heterocycles. The summed E-state index contributed by atoms with van der Waals surface area (Å²) in [6.07, 6.45) is 2.70. The van der Waals surface area contributed by atoms with Crippen molar-refractivity contribution in [1.29, 1.82) is 0 Å². The highest BCUT2D eigenvalue weighted by Gasteiger charge is 2.29. The van der Waals surface area contributed by atoms with Crippen molar-refractivity contribution >= 4 is 32.5 Å². The molecule has 1 N–H and O–H groups in total. The van der Waals surface area contributed by atoms with Gasteiger partial charge >= 0.3 is 0 Å². The number of benzene rings is 3. The molecule has 0 spiro atoms.